The third kappa shape index (κ3) is 2.80. The maximum Gasteiger partial charge on any atom is 0.287 e. The SMILES string of the molecule is O=[N+]([O-])c1ccc([S@](=O)c2ccc(Br)cc2)nc1. The predicted molar refractivity (Wildman–Crippen MR) is 69.7 cm³/mol. The van der Waals surface area contributed by atoms with E-state index >= 15 is 0 Å². The molecule has 7 heteroatoms. The molecule has 0 unspecified atom stereocenters. The Bertz CT molecular complexity index is 599. The van der Waals surface area contributed by atoms with Gasteiger partial charge in [-0.25, -0.2) is 9.19 Å². The zero-order valence-electron chi connectivity index (χ0n) is 8.95. The predicted octanol–water partition coefficient (Wildman–Crippen LogP) is 2.92. The summed E-state index contributed by atoms with van der Waals surface area (Å²) in [4.78, 5) is 14.4. The molecule has 0 fully saturated rings. The van der Waals surface area contributed by atoms with Crippen molar-refractivity contribution in [1.82, 2.24) is 4.98 Å². The van der Waals surface area contributed by atoms with Crippen LogP contribution >= 0.6 is 15.9 Å². The van der Waals surface area contributed by atoms with Gasteiger partial charge in [-0.2, -0.15) is 0 Å². The average molecular weight is 327 g/mol. The third-order valence-electron chi connectivity index (χ3n) is 2.15. The molecule has 92 valence electrons. The molecule has 0 radical (unpaired) electrons. The minimum Gasteiger partial charge on any atom is -0.258 e. The van der Waals surface area contributed by atoms with Gasteiger partial charge in [0.05, 0.1) is 4.92 Å². The molecule has 2 rings (SSSR count). The smallest absolute Gasteiger partial charge is 0.258 e. The lowest BCUT2D eigenvalue weighted by Gasteiger charge is -2.01. The number of nitro groups is 1. The molecule has 0 amide bonds. The van der Waals surface area contributed by atoms with Crippen molar-refractivity contribution in [2.75, 3.05) is 0 Å². The van der Waals surface area contributed by atoms with E-state index in [1.54, 1.807) is 24.3 Å². The Balaban J connectivity index is 2.28. The molecule has 0 aliphatic rings. The van der Waals surface area contributed by atoms with Crippen LogP contribution in [0.1, 0.15) is 0 Å². The van der Waals surface area contributed by atoms with Gasteiger partial charge in [-0.1, -0.05) is 15.9 Å². The summed E-state index contributed by atoms with van der Waals surface area (Å²) in [5, 5.41) is 10.8. The number of rotatable bonds is 3. The molecule has 5 nitrogen and oxygen atoms in total. The first-order chi connectivity index (χ1) is 8.58. The molecule has 2 aromatic rings. The van der Waals surface area contributed by atoms with Crippen molar-refractivity contribution in [3.05, 3.63) is 57.2 Å². The topological polar surface area (TPSA) is 73.1 Å². The Morgan fingerprint density at radius 3 is 2.33 bits per heavy atom. The number of benzene rings is 1. The zero-order chi connectivity index (χ0) is 13.1. The van der Waals surface area contributed by atoms with Crippen LogP contribution in [0, 0.1) is 10.1 Å². The summed E-state index contributed by atoms with van der Waals surface area (Å²) in [6.07, 6.45) is 1.10. The molecule has 1 aromatic heterocycles. The van der Waals surface area contributed by atoms with Crippen LogP contribution in [0.2, 0.25) is 0 Å². The number of pyridine rings is 1. The number of halogens is 1. The highest BCUT2D eigenvalue weighted by molar-refractivity contribution is 9.10. The molecule has 0 spiro atoms. The quantitative estimate of drug-likeness (QED) is 0.642. The van der Waals surface area contributed by atoms with Crippen molar-refractivity contribution in [2.45, 2.75) is 9.92 Å². The number of hydrogen-bond donors (Lipinski definition) is 0. The van der Waals surface area contributed by atoms with Gasteiger partial charge in [-0.3, -0.25) is 10.1 Å². The number of hydrogen-bond acceptors (Lipinski definition) is 4. The van der Waals surface area contributed by atoms with E-state index in [-0.39, 0.29) is 5.69 Å². The summed E-state index contributed by atoms with van der Waals surface area (Å²) >= 11 is 3.29. The first-order valence-electron chi connectivity index (χ1n) is 4.86. The second-order valence-corrected chi connectivity index (χ2v) is 5.68. The Morgan fingerprint density at radius 2 is 1.83 bits per heavy atom. The van der Waals surface area contributed by atoms with E-state index in [2.05, 4.69) is 20.9 Å². The van der Waals surface area contributed by atoms with Crippen molar-refractivity contribution in [1.29, 1.82) is 0 Å². The van der Waals surface area contributed by atoms with Crippen LogP contribution in [0.4, 0.5) is 5.69 Å². The third-order valence-corrected chi connectivity index (χ3v) is 4.00. The Hall–Kier alpha value is -1.60. The molecule has 0 bridgehead atoms. The van der Waals surface area contributed by atoms with Crippen molar-refractivity contribution < 1.29 is 9.13 Å². The lowest BCUT2D eigenvalue weighted by molar-refractivity contribution is -0.385. The van der Waals surface area contributed by atoms with Crippen molar-refractivity contribution in [3.8, 4) is 0 Å². The van der Waals surface area contributed by atoms with Crippen molar-refractivity contribution in [2.24, 2.45) is 0 Å². The van der Waals surface area contributed by atoms with E-state index in [1.165, 1.54) is 12.1 Å². The Morgan fingerprint density at radius 1 is 1.17 bits per heavy atom. The molecule has 0 aliphatic heterocycles. The van der Waals surface area contributed by atoms with Crippen LogP contribution in [0.5, 0.6) is 0 Å². The number of nitrogens with zero attached hydrogens (tertiary/aromatic N) is 2. The minimum atomic E-state index is -1.43. The second kappa shape index (κ2) is 5.36. The van der Waals surface area contributed by atoms with E-state index < -0.39 is 15.7 Å². The molecule has 0 saturated carbocycles. The molecule has 1 atom stereocenters. The van der Waals surface area contributed by atoms with Crippen LogP contribution in [-0.2, 0) is 10.8 Å². The average Bonchev–Trinajstić information content (AvgIpc) is 2.39. The van der Waals surface area contributed by atoms with Gasteiger partial charge in [0.2, 0.25) is 0 Å². The first kappa shape index (κ1) is 12.8. The van der Waals surface area contributed by atoms with Crippen molar-refractivity contribution >= 4 is 32.4 Å². The highest BCUT2D eigenvalue weighted by atomic mass is 79.9. The lowest BCUT2D eigenvalue weighted by atomic mass is 10.4. The van der Waals surface area contributed by atoms with Crippen molar-refractivity contribution in [3.63, 3.8) is 0 Å². The van der Waals surface area contributed by atoms with Crippen LogP contribution in [0.15, 0.2) is 57.0 Å². The van der Waals surface area contributed by atoms with Gasteiger partial charge in [0.15, 0.2) is 0 Å². The van der Waals surface area contributed by atoms with Crippen LogP contribution in [0.25, 0.3) is 0 Å². The fourth-order valence-electron chi connectivity index (χ4n) is 1.27. The second-order valence-electron chi connectivity index (χ2n) is 3.33. The summed E-state index contributed by atoms with van der Waals surface area (Å²) < 4.78 is 13.0. The monoisotopic (exact) mass is 326 g/mol. The molecule has 1 heterocycles. The molecular formula is C11H7BrN2O3S. The molecule has 0 aliphatic carbocycles. The Kier molecular flexibility index (Phi) is 3.83. The Labute approximate surface area is 114 Å². The van der Waals surface area contributed by atoms with E-state index in [9.17, 15) is 14.3 Å². The molecule has 0 saturated heterocycles. The maximum absolute atomic E-state index is 12.1. The van der Waals surface area contributed by atoms with Gasteiger partial charge in [-0.15, -0.1) is 0 Å². The van der Waals surface area contributed by atoms with E-state index in [0.717, 1.165) is 10.7 Å². The summed E-state index contributed by atoms with van der Waals surface area (Å²) in [6, 6.07) is 9.67. The van der Waals surface area contributed by atoms with E-state index in [1.807, 2.05) is 0 Å². The summed E-state index contributed by atoms with van der Waals surface area (Å²) in [5.74, 6) is 0. The fraction of sp³-hybridized carbons (Fsp3) is 0. The zero-order valence-corrected chi connectivity index (χ0v) is 11.3. The lowest BCUT2D eigenvalue weighted by Crippen LogP contribution is -1.97. The van der Waals surface area contributed by atoms with E-state index in [4.69, 9.17) is 0 Å². The maximum atomic E-state index is 12.1. The van der Waals surface area contributed by atoms with Crippen LogP contribution in [0.3, 0.4) is 0 Å². The molecule has 0 N–H and O–H groups in total. The fourth-order valence-corrected chi connectivity index (χ4v) is 2.50. The summed E-state index contributed by atoms with van der Waals surface area (Å²) in [6.45, 7) is 0. The highest BCUT2D eigenvalue weighted by Gasteiger charge is 2.11. The van der Waals surface area contributed by atoms with Crippen LogP contribution in [-0.4, -0.2) is 14.1 Å². The summed E-state index contributed by atoms with van der Waals surface area (Å²) in [7, 11) is -1.43. The van der Waals surface area contributed by atoms with Crippen LogP contribution < -0.4 is 0 Å². The molecule has 18 heavy (non-hydrogen) atoms. The van der Waals surface area contributed by atoms with Gasteiger partial charge in [0.25, 0.3) is 5.69 Å². The van der Waals surface area contributed by atoms with Gasteiger partial charge in [0, 0.05) is 15.4 Å². The standard InChI is InChI=1S/C11H7BrN2O3S/c12-8-1-4-10(5-2-8)18(17)11-6-3-9(7-13-11)14(15)16/h1-7H/t18-/m1/s1. The highest BCUT2D eigenvalue weighted by Crippen LogP contribution is 2.19. The van der Waals surface area contributed by atoms with E-state index in [0.29, 0.717) is 9.92 Å². The van der Waals surface area contributed by atoms with Gasteiger partial charge in [0.1, 0.15) is 22.0 Å². The van der Waals surface area contributed by atoms with Gasteiger partial charge < -0.3 is 0 Å². The number of aromatic nitrogens is 1. The normalized spacial score (nSPS) is 12.1. The molecule has 1 aromatic carbocycles. The molecular weight excluding hydrogens is 320 g/mol. The largest absolute Gasteiger partial charge is 0.287 e. The summed E-state index contributed by atoms with van der Waals surface area (Å²) in [5.41, 5.74) is -0.119. The minimum absolute atomic E-state index is 0.119. The first-order valence-corrected chi connectivity index (χ1v) is 6.80. The van der Waals surface area contributed by atoms with Gasteiger partial charge in [-0.05, 0) is 30.3 Å². The van der Waals surface area contributed by atoms with Gasteiger partial charge >= 0.3 is 0 Å².